The van der Waals surface area contributed by atoms with Gasteiger partial charge in [0, 0.05) is 31.9 Å². The van der Waals surface area contributed by atoms with E-state index >= 15 is 0 Å². The number of likely N-dealkylation sites (N-methyl/N-ethyl adjacent to an activating group) is 1. The van der Waals surface area contributed by atoms with Crippen molar-refractivity contribution in [3.8, 4) is 0 Å². The summed E-state index contributed by atoms with van der Waals surface area (Å²) in [5.41, 5.74) is -0.684. The van der Waals surface area contributed by atoms with Crippen molar-refractivity contribution in [3.63, 3.8) is 0 Å². The molecule has 1 heterocycles. The number of carbonyl (C=O) groups excluding carboxylic acids is 2. The number of piperazine rings is 1. The minimum absolute atomic E-state index is 0.173. The molecule has 0 saturated carbocycles. The molecule has 0 aliphatic carbocycles. The molecule has 5 nitrogen and oxygen atoms in total. The van der Waals surface area contributed by atoms with Gasteiger partial charge in [0.2, 0.25) is 11.8 Å². The number of carbonyl (C=O) groups is 2. The molecule has 1 aromatic carbocycles. The highest BCUT2D eigenvalue weighted by Gasteiger charge is 2.39. The normalized spacial score (nSPS) is 16.3. The summed E-state index contributed by atoms with van der Waals surface area (Å²) in [6, 6.07) is 5.50. The topological polar surface area (TPSA) is 52.7 Å². The van der Waals surface area contributed by atoms with Crippen LogP contribution in [0.1, 0.15) is 20.8 Å². The van der Waals surface area contributed by atoms with Gasteiger partial charge >= 0.3 is 0 Å². The predicted octanol–water partition coefficient (Wildman–Crippen LogP) is 1.95. The maximum absolute atomic E-state index is 12.9. The van der Waals surface area contributed by atoms with E-state index in [1.54, 1.807) is 18.7 Å². The molecular weight excluding hydrogens is 297 g/mol. The Kier molecular flexibility index (Phi) is 5.36. The van der Waals surface area contributed by atoms with Crippen LogP contribution in [-0.2, 0) is 9.59 Å². The van der Waals surface area contributed by atoms with E-state index in [-0.39, 0.29) is 17.6 Å². The third-order valence-electron chi connectivity index (χ3n) is 4.31. The molecule has 6 heteroatoms. The number of halogens is 1. The van der Waals surface area contributed by atoms with Gasteiger partial charge < -0.3 is 15.1 Å². The van der Waals surface area contributed by atoms with Crippen LogP contribution in [-0.4, -0.2) is 54.3 Å². The second-order valence-corrected chi connectivity index (χ2v) is 6.31. The van der Waals surface area contributed by atoms with E-state index in [0.29, 0.717) is 18.8 Å². The van der Waals surface area contributed by atoms with Gasteiger partial charge in [-0.25, -0.2) is 4.39 Å². The summed E-state index contributed by atoms with van der Waals surface area (Å²) in [5.74, 6) is -0.924. The number of amides is 2. The average Bonchev–Trinajstić information content (AvgIpc) is 2.56. The molecule has 126 valence electrons. The van der Waals surface area contributed by atoms with Crippen molar-refractivity contribution in [1.82, 2.24) is 9.80 Å². The molecule has 0 aromatic heterocycles. The van der Waals surface area contributed by atoms with Crippen molar-refractivity contribution >= 4 is 17.5 Å². The second-order valence-electron chi connectivity index (χ2n) is 6.31. The van der Waals surface area contributed by atoms with E-state index in [9.17, 15) is 14.0 Å². The van der Waals surface area contributed by atoms with E-state index in [0.717, 1.165) is 19.6 Å². The summed E-state index contributed by atoms with van der Waals surface area (Å²) in [5, 5.41) is 2.69. The first-order valence-electron chi connectivity index (χ1n) is 7.93. The van der Waals surface area contributed by atoms with Crippen LogP contribution in [0.4, 0.5) is 10.1 Å². The first-order chi connectivity index (χ1) is 10.8. The number of nitrogens with one attached hydrogen (secondary N) is 1. The van der Waals surface area contributed by atoms with Crippen molar-refractivity contribution in [2.24, 2.45) is 5.41 Å². The summed E-state index contributed by atoms with van der Waals surface area (Å²) in [7, 11) is 0. The molecule has 1 saturated heterocycles. The van der Waals surface area contributed by atoms with Crippen molar-refractivity contribution < 1.29 is 14.0 Å². The molecule has 2 amide bonds. The predicted molar refractivity (Wildman–Crippen MR) is 87.5 cm³/mol. The first kappa shape index (κ1) is 17.4. The Morgan fingerprint density at radius 3 is 2.22 bits per heavy atom. The molecule has 23 heavy (non-hydrogen) atoms. The van der Waals surface area contributed by atoms with Gasteiger partial charge in [-0.3, -0.25) is 9.59 Å². The molecule has 1 aromatic rings. The Hall–Kier alpha value is -1.95. The van der Waals surface area contributed by atoms with E-state index in [2.05, 4.69) is 17.1 Å². The molecule has 0 atom stereocenters. The van der Waals surface area contributed by atoms with E-state index in [1.165, 1.54) is 24.3 Å². The standard InChI is InChI=1S/C17H24FN3O2/c1-4-20-9-11-21(12-10-20)16(23)17(2,3)15(22)19-14-7-5-13(18)6-8-14/h5-8H,4,9-12H2,1-3H3,(H,19,22). The van der Waals surface area contributed by atoms with Crippen LogP contribution in [0.2, 0.25) is 0 Å². The monoisotopic (exact) mass is 321 g/mol. The van der Waals surface area contributed by atoms with Gasteiger partial charge in [-0.15, -0.1) is 0 Å². The number of hydrogen-bond acceptors (Lipinski definition) is 3. The molecule has 1 N–H and O–H groups in total. The second kappa shape index (κ2) is 7.08. The number of rotatable bonds is 4. The minimum atomic E-state index is -1.16. The van der Waals surface area contributed by atoms with Gasteiger partial charge in [-0.1, -0.05) is 6.92 Å². The molecular formula is C17H24FN3O2. The molecule has 0 radical (unpaired) electrons. The highest BCUT2D eigenvalue weighted by atomic mass is 19.1. The van der Waals surface area contributed by atoms with Gasteiger partial charge in [0.15, 0.2) is 0 Å². The van der Waals surface area contributed by atoms with Crippen molar-refractivity contribution in [2.75, 3.05) is 38.0 Å². The Morgan fingerprint density at radius 1 is 1.13 bits per heavy atom. The third-order valence-corrected chi connectivity index (χ3v) is 4.31. The number of nitrogens with zero attached hydrogens (tertiary/aromatic N) is 2. The summed E-state index contributed by atoms with van der Waals surface area (Å²) < 4.78 is 12.9. The summed E-state index contributed by atoms with van der Waals surface area (Å²) in [6.45, 7) is 9.25. The van der Waals surface area contributed by atoms with E-state index in [4.69, 9.17) is 0 Å². The van der Waals surface area contributed by atoms with Crippen molar-refractivity contribution in [1.29, 1.82) is 0 Å². The maximum atomic E-state index is 12.9. The fourth-order valence-electron chi connectivity index (χ4n) is 2.58. The zero-order valence-electron chi connectivity index (χ0n) is 13.9. The van der Waals surface area contributed by atoms with Gasteiger partial charge in [0.25, 0.3) is 0 Å². The van der Waals surface area contributed by atoms with Gasteiger partial charge in [-0.2, -0.15) is 0 Å². The molecule has 1 aliphatic heterocycles. The van der Waals surface area contributed by atoms with E-state index < -0.39 is 5.41 Å². The fraction of sp³-hybridized carbons (Fsp3) is 0.529. The Morgan fingerprint density at radius 2 is 1.70 bits per heavy atom. The summed E-state index contributed by atoms with van der Waals surface area (Å²) in [4.78, 5) is 29.2. The van der Waals surface area contributed by atoms with Crippen molar-refractivity contribution in [2.45, 2.75) is 20.8 Å². The summed E-state index contributed by atoms with van der Waals surface area (Å²) in [6.07, 6.45) is 0. The number of anilines is 1. The lowest BCUT2D eigenvalue weighted by Gasteiger charge is -2.37. The summed E-state index contributed by atoms with van der Waals surface area (Å²) >= 11 is 0. The number of benzene rings is 1. The third kappa shape index (κ3) is 4.07. The van der Waals surface area contributed by atoms with Crippen LogP contribution in [0.3, 0.4) is 0 Å². The van der Waals surface area contributed by atoms with Gasteiger partial charge in [-0.05, 0) is 44.7 Å². The lowest BCUT2D eigenvalue weighted by molar-refractivity contribution is -0.147. The Bertz CT molecular complexity index is 564. The zero-order valence-corrected chi connectivity index (χ0v) is 13.9. The minimum Gasteiger partial charge on any atom is -0.339 e. The van der Waals surface area contributed by atoms with Crippen LogP contribution in [0, 0.1) is 11.2 Å². The van der Waals surface area contributed by atoms with Crippen LogP contribution in [0.15, 0.2) is 24.3 Å². The number of hydrogen-bond donors (Lipinski definition) is 1. The first-order valence-corrected chi connectivity index (χ1v) is 7.93. The van der Waals surface area contributed by atoms with Crippen LogP contribution < -0.4 is 5.32 Å². The molecule has 0 bridgehead atoms. The van der Waals surface area contributed by atoms with Gasteiger partial charge in [0.05, 0.1) is 0 Å². The molecule has 0 spiro atoms. The molecule has 1 aliphatic rings. The average molecular weight is 321 g/mol. The van der Waals surface area contributed by atoms with E-state index in [1.807, 2.05) is 0 Å². The lowest BCUT2D eigenvalue weighted by atomic mass is 9.89. The quantitative estimate of drug-likeness (QED) is 0.863. The highest BCUT2D eigenvalue weighted by Crippen LogP contribution is 2.23. The maximum Gasteiger partial charge on any atom is 0.239 e. The molecule has 1 fully saturated rings. The smallest absolute Gasteiger partial charge is 0.239 e. The van der Waals surface area contributed by atoms with Crippen LogP contribution in [0.5, 0.6) is 0 Å². The van der Waals surface area contributed by atoms with Crippen LogP contribution >= 0.6 is 0 Å². The lowest BCUT2D eigenvalue weighted by Crippen LogP contribution is -2.54. The van der Waals surface area contributed by atoms with Gasteiger partial charge in [0.1, 0.15) is 11.2 Å². The Labute approximate surface area is 136 Å². The largest absolute Gasteiger partial charge is 0.339 e. The molecule has 2 rings (SSSR count). The molecule has 0 unspecified atom stereocenters. The highest BCUT2D eigenvalue weighted by molar-refractivity contribution is 6.09. The zero-order chi connectivity index (χ0) is 17.0. The fourth-order valence-corrected chi connectivity index (χ4v) is 2.58. The SMILES string of the molecule is CCN1CCN(C(=O)C(C)(C)C(=O)Nc2ccc(F)cc2)CC1. The van der Waals surface area contributed by atoms with Crippen LogP contribution in [0.25, 0.3) is 0 Å². The van der Waals surface area contributed by atoms with Crippen molar-refractivity contribution in [3.05, 3.63) is 30.1 Å². The Balaban J connectivity index is 2.00.